The van der Waals surface area contributed by atoms with E-state index in [-0.39, 0.29) is 24.1 Å². The van der Waals surface area contributed by atoms with E-state index in [1.165, 1.54) is 24.3 Å². The minimum Gasteiger partial charge on any atom is -0.486 e. The summed E-state index contributed by atoms with van der Waals surface area (Å²) in [6.07, 6.45) is 1.98. The minimum absolute atomic E-state index is 0.107. The Labute approximate surface area is 81.7 Å². The molecule has 0 aromatic heterocycles. The Balaban J connectivity index is 1.85. The van der Waals surface area contributed by atoms with E-state index in [4.69, 9.17) is 4.74 Å². The molecule has 0 saturated heterocycles. The van der Waals surface area contributed by atoms with Crippen molar-refractivity contribution in [1.82, 2.24) is 0 Å². The largest absolute Gasteiger partial charge is 0.486 e. The van der Waals surface area contributed by atoms with Crippen molar-refractivity contribution in [1.29, 1.82) is 0 Å². The number of halogens is 1. The van der Waals surface area contributed by atoms with E-state index in [0.717, 1.165) is 12.8 Å². The fourth-order valence-electron chi connectivity index (χ4n) is 1.21. The number of Topliss-reactive ketones (excluding diaryl/α,β-unsaturated/α-hetero) is 1. The molecule has 0 heterocycles. The molecule has 74 valence electrons. The molecule has 0 aliphatic heterocycles. The lowest BCUT2D eigenvalue weighted by molar-refractivity contribution is -0.122. The predicted molar refractivity (Wildman–Crippen MR) is 49.6 cm³/mol. The van der Waals surface area contributed by atoms with Crippen LogP contribution in [0.4, 0.5) is 4.39 Å². The second kappa shape index (κ2) is 3.78. The van der Waals surface area contributed by atoms with E-state index in [1.54, 1.807) is 0 Å². The molecule has 1 aromatic rings. The molecule has 0 N–H and O–H groups in total. The molecule has 1 aromatic carbocycles. The summed E-state index contributed by atoms with van der Waals surface area (Å²) in [5, 5.41) is 0. The van der Waals surface area contributed by atoms with Gasteiger partial charge in [-0.2, -0.15) is 0 Å². The fraction of sp³-hybridized carbons (Fsp3) is 0.364. The van der Waals surface area contributed by atoms with Crippen molar-refractivity contribution in [2.45, 2.75) is 12.8 Å². The third-order valence-electron chi connectivity index (χ3n) is 2.23. The summed E-state index contributed by atoms with van der Waals surface area (Å²) >= 11 is 0. The molecule has 0 amide bonds. The highest BCUT2D eigenvalue weighted by atomic mass is 19.1. The van der Waals surface area contributed by atoms with Gasteiger partial charge in [0.2, 0.25) is 0 Å². The Bertz CT molecular complexity index is 328. The fourth-order valence-corrected chi connectivity index (χ4v) is 1.21. The van der Waals surface area contributed by atoms with Crippen molar-refractivity contribution in [2.75, 3.05) is 6.61 Å². The number of benzene rings is 1. The van der Waals surface area contributed by atoms with Crippen LogP contribution in [-0.4, -0.2) is 12.4 Å². The van der Waals surface area contributed by atoms with Crippen LogP contribution in [0.2, 0.25) is 0 Å². The minimum atomic E-state index is -0.300. The summed E-state index contributed by atoms with van der Waals surface area (Å²) in [6, 6.07) is 5.68. The van der Waals surface area contributed by atoms with Crippen LogP contribution in [0.1, 0.15) is 12.8 Å². The zero-order valence-electron chi connectivity index (χ0n) is 7.70. The van der Waals surface area contributed by atoms with Crippen LogP contribution in [0.3, 0.4) is 0 Å². The second-order valence-corrected chi connectivity index (χ2v) is 3.48. The molecule has 0 unspecified atom stereocenters. The van der Waals surface area contributed by atoms with Gasteiger partial charge in [-0.1, -0.05) is 0 Å². The van der Waals surface area contributed by atoms with Crippen LogP contribution in [0, 0.1) is 11.7 Å². The molecule has 2 nitrogen and oxygen atoms in total. The maximum absolute atomic E-state index is 12.5. The molecule has 1 fully saturated rings. The van der Waals surface area contributed by atoms with Gasteiger partial charge >= 0.3 is 0 Å². The van der Waals surface area contributed by atoms with Gasteiger partial charge < -0.3 is 4.74 Å². The standard InChI is InChI=1S/C11H11FO2/c12-9-3-5-10(6-4-9)14-7-11(13)8-1-2-8/h3-6,8H,1-2,7H2. The SMILES string of the molecule is O=C(COc1ccc(F)cc1)C1CC1. The Kier molecular flexibility index (Phi) is 2.48. The molecule has 1 aliphatic rings. The molecule has 0 bridgehead atoms. The molecule has 0 atom stereocenters. The first kappa shape index (κ1) is 9.19. The molecular formula is C11H11FO2. The first-order valence-electron chi connectivity index (χ1n) is 4.67. The Hall–Kier alpha value is -1.38. The average molecular weight is 194 g/mol. The van der Waals surface area contributed by atoms with Gasteiger partial charge in [-0.15, -0.1) is 0 Å². The smallest absolute Gasteiger partial charge is 0.173 e. The number of rotatable bonds is 4. The third-order valence-corrected chi connectivity index (χ3v) is 2.23. The van der Waals surface area contributed by atoms with Crippen molar-refractivity contribution >= 4 is 5.78 Å². The van der Waals surface area contributed by atoms with Crippen LogP contribution in [0.25, 0.3) is 0 Å². The van der Waals surface area contributed by atoms with E-state index >= 15 is 0 Å². The first-order valence-corrected chi connectivity index (χ1v) is 4.67. The van der Waals surface area contributed by atoms with Gasteiger partial charge in [-0.25, -0.2) is 4.39 Å². The van der Waals surface area contributed by atoms with Gasteiger partial charge in [0, 0.05) is 5.92 Å². The number of hydrogen-bond acceptors (Lipinski definition) is 2. The highest BCUT2D eigenvalue weighted by molar-refractivity contribution is 5.84. The van der Waals surface area contributed by atoms with E-state index in [2.05, 4.69) is 0 Å². The van der Waals surface area contributed by atoms with Crippen LogP contribution in [-0.2, 0) is 4.79 Å². The Morgan fingerprint density at radius 2 is 2.00 bits per heavy atom. The summed E-state index contributed by atoms with van der Waals surface area (Å²) in [4.78, 5) is 11.2. The van der Waals surface area contributed by atoms with E-state index in [0.29, 0.717) is 5.75 Å². The molecule has 14 heavy (non-hydrogen) atoms. The summed E-state index contributed by atoms with van der Waals surface area (Å²) in [5.74, 6) is 0.607. The van der Waals surface area contributed by atoms with Gasteiger partial charge in [0.15, 0.2) is 5.78 Å². The lowest BCUT2D eigenvalue weighted by atomic mass is 10.3. The van der Waals surface area contributed by atoms with Gasteiger partial charge in [0.25, 0.3) is 0 Å². The second-order valence-electron chi connectivity index (χ2n) is 3.48. The summed E-state index contributed by atoms with van der Waals surface area (Å²) < 4.78 is 17.7. The lowest BCUT2D eigenvalue weighted by Crippen LogP contribution is -2.12. The molecule has 1 aliphatic carbocycles. The molecular weight excluding hydrogens is 183 g/mol. The Morgan fingerprint density at radius 1 is 1.36 bits per heavy atom. The number of hydrogen-bond donors (Lipinski definition) is 0. The molecule has 0 spiro atoms. The molecule has 0 radical (unpaired) electrons. The zero-order chi connectivity index (χ0) is 9.97. The summed E-state index contributed by atoms with van der Waals surface area (Å²) in [7, 11) is 0. The molecule has 1 saturated carbocycles. The first-order chi connectivity index (χ1) is 6.75. The van der Waals surface area contributed by atoms with Crippen LogP contribution < -0.4 is 4.74 Å². The Morgan fingerprint density at radius 3 is 2.57 bits per heavy atom. The van der Waals surface area contributed by atoms with Crippen molar-refractivity contribution in [3.05, 3.63) is 30.1 Å². The van der Waals surface area contributed by atoms with E-state index < -0.39 is 0 Å². The van der Waals surface area contributed by atoms with Crippen molar-refractivity contribution in [3.63, 3.8) is 0 Å². The van der Waals surface area contributed by atoms with Gasteiger partial charge in [0.05, 0.1) is 0 Å². The topological polar surface area (TPSA) is 26.3 Å². The highest BCUT2D eigenvalue weighted by Crippen LogP contribution is 2.29. The number of carbonyl (C=O) groups is 1. The number of carbonyl (C=O) groups excluding carboxylic acids is 1. The maximum Gasteiger partial charge on any atom is 0.173 e. The van der Waals surface area contributed by atoms with Crippen LogP contribution >= 0.6 is 0 Å². The number of ether oxygens (including phenoxy) is 1. The van der Waals surface area contributed by atoms with Crippen molar-refractivity contribution in [2.24, 2.45) is 5.92 Å². The van der Waals surface area contributed by atoms with Crippen molar-refractivity contribution in [3.8, 4) is 5.75 Å². The van der Waals surface area contributed by atoms with Gasteiger partial charge in [-0.05, 0) is 37.1 Å². The van der Waals surface area contributed by atoms with Crippen molar-refractivity contribution < 1.29 is 13.9 Å². The third kappa shape index (κ3) is 2.31. The maximum atomic E-state index is 12.5. The van der Waals surface area contributed by atoms with Crippen LogP contribution in [0.15, 0.2) is 24.3 Å². The van der Waals surface area contributed by atoms with Gasteiger partial charge in [-0.3, -0.25) is 4.79 Å². The van der Waals surface area contributed by atoms with E-state index in [9.17, 15) is 9.18 Å². The zero-order valence-corrected chi connectivity index (χ0v) is 7.70. The lowest BCUT2D eigenvalue weighted by Gasteiger charge is -2.03. The molecule has 3 heteroatoms. The monoisotopic (exact) mass is 194 g/mol. The highest BCUT2D eigenvalue weighted by Gasteiger charge is 2.29. The molecule has 2 rings (SSSR count). The quantitative estimate of drug-likeness (QED) is 0.734. The average Bonchev–Trinajstić information content (AvgIpc) is 3.00. The number of ketones is 1. The summed E-state index contributed by atoms with van der Waals surface area (Å²) in [6.45, 7) is 0.107. The predicted octanol–water partition coefficient (Wildman–Crippen LogP) is 2.18. The normalized spacial score (nSPS) is 15.2. The summed E-state index contributed by atoms with van der Waals surface area (Å²) in [5.41, 5.74) is 0. The van der Waals surface area contributed by atoms with Gasteiger partial charge in [0.1, 0.15) is 18.2 Å². The van der Waals surface area contributed by atoms with E-state index in [1.807, 2.05) is 0 Å². The van der Waals surface area contributed by atoms with Crippen LogP contribution in [0.5, 0.6) is 5.75 Å².